The lowest BCUT2D eigenvalue weighted by Gasteiger charge is -2.05. The van der Waals surface area contributed by atoms with Crippen LogP contribution in [0.1, 0.15) is 21.9 Å². The molecule has 1 aromatic carbocycles. The third-order valence-electron chi connectivity index (χ3n) is 4.33. The topological polar surface area (TPSA) is 73.2 Å². The zero-order chi connectivity index (χ0) is 21.1. The Kier molecular flexibility index (Phi) is 6.43. The fourth-order valence-corrected chi connectivity index (χ4v) is 4.46. The molecule has 0 aliphatic carbocycles. The first-order valence-corrected chi connectivity index (χ1v) is 10.4. The number of nitrogens with zero attached hydrogens (tertiary/aromatic N) is 2. The van der Waals surface area contributed by atoms with Gasteiger partial charge in [0.1, 0.15) is 5.75 Å². The third kappa shape index (κ3) is 5.07. The Morgan fingerprint density at radius 2 is 1.86 bits per heavy atom. The van der Waals surface area contributed by atoms with Gasteiger partial charge < -0.3 is 14.6 Å². The first-order valence-electron chi connectivity index (χ1n) is 8.74. The lowest BCUT2D eigenvalue weighted by molar-refractivity contribution is -0.116. The summed E-state index contributed by atoms with van der Waals surface area (Å²) in [6, 6.07) is 6.17. The normalized spacial score (nSPS) is 11.1. The zero-order valence-corrected chi connectivity index (χ0v) is 17.6. The number of rotatable bonds is 7. The number of aromatic nitrogens is 2. The standard InChI is InChI=1S/C19H19F2N3O3S2/c1-10-11(2)29-19(26)24(10)9-8-15(25)22-18-23-16(12(3)28-18)13-4-6-14(7-5-13)27-17(20)21/h4-7,17H,8-9H2,1-3H3,(H,22,23,25). The molecular weight excluding hydrogens is 420 g/mol. The molecule has 0 saturated heterocycles. The van der Waals surface area contributed by atoms with E-state index in [0.717, 1.165) is 21.0 Å². The van der Waals surface area contributed by atoms with Crippen LogP contribution in [0.15, 0.2) is 29.1 Å². The van der Waals surface area contributed by atoms with E-state index in [1.54, 1.807) is 16.7 Å². The Hall–Kier alpha value is -2.59. The average Bonchev–Trinajstić information content (AvgIpc) is 3.12. The van der Waals surface area contributed by atoms with Crippen LogP contribution in [-0.2, 0) is 11.3 Å². The lowest BCUT2D eigenvalue weighted by Crippen LogP contribution is -2.20. The number of carbonyl (C=O) groups is 1. The number of amides is 1. The minimum Gasteiger partial charge on any atom is -0.435 e. The van der Waals surface area contributed by atoms with Crippen LogP contribution >= 0.6 is 22.7 Å². The van der Waals surface area contributed by atoms with Crippen LogP contribution in [0.2, 0.25) is 0 Å². The quantitative estimate of drug-likeness (QED) is 0.585. The van der Waals surface area contributed by atoms with Gasteiger partial charge in [-0.3, -0.25) is 9.59 Å². The maximum Gasteiger partial charge on any atom is 0.387 e. The van der Waals surface area contributed by atoms with E-state index in [2.05, 4.69) is 15.0 Å². The van der Waals surface area contributed by atoms with E-state index in [-0.39, 0.29) is 23.0 Å². The van der Waals surface area contributed by atoms with E-state index in [1.807, 2.05) is 20.8 Å². The number of aryl methyl sites for hydroxylation is 2. The fraction of sp³-hybridized carbons (Fsp3) is 0.316. The summed E-state index contributed by atoms with van der Waals surface area (Å²) in [4.78, 5) is 30.4. The first kappa shape index (κ1) is 21.1. The van der Waals surface area contributed by atoms with Crippen LogP contribution < -0.4 is 14.9 Å². The number of hydrogen-bond donors (Lipinski definition) is 1. The molecule has 2 heterocycles. The van der Waals surface area contributed by atoms with E-state index in [0.29, 0.717) is 17.4 Å². The summed E-state index contributed by atoms with van der Waals surface area (Å²) >= 11 is 2.50. The van der Waals surface area contributed by atoms with E-state index in [9.17, 15) is 18.4 Å². The third-order valence-corrected chi connectivity index (χ3v) is 6.22. The second-order valence-electron chi connectivity index (χ2n) is 6.29. The van der Waals surface area contributed by atoms with Crippen LogP contribution in [0.25, 0.3) is 11.3 Å². The molecule has 0 bridgehead atoms. The first-order chi connectivity index (χ1) is 13.7. The summed E-state index contributed by atoms with van der Waals surface area (Å²) in [6.45, 7) is 3.04. The molecule has 154 valence electrons. The van der Waals surface area contributed by atoms with Gasteiger partial charge in [0.25, 0.3) is 0 Å². The highest BCUT2D eigenvalue weighted by atomic mass is 32.1. The smallest absolute Gasteiger partial charge is 0.387 e. The Bertz CT molecular complexity index is 1070. The molecule has 0 spiro atoms. The summed E-state index contributed by atoms with van der Waals surface area (Å²) in [7, 11) is 0. The monoisotopic (exact) mass is 439 g/mol. The summed E-state index contributed by atoms with van der Waals surface area (Å²) in [5, 5.41) is 3.20. The summed E-state index contributed by atoms with van der Waals surface area (Å²) in [5.41, 5.74) is 2.27. The minimum atomic E-state index is -2.87. The number of carbonyl (C=O) groups excluding carboxylic acids is 1. The van der Waals surface area contributed by atoms with Crippen molar-refractivity contribution in [3.05, 3.63) is 49.4 Å². The van der Waals surface area contributed by atoms with E-state index >= 15 is 0 Å². The van der Waals surface area contributed by atoms with Crippen molar-refractivity contribution in [3.8, 4) is 17.0 Å². The van der Waals surface area contributed by atoms with Crippen LogP contribution in [0.5, 0.6) is 5.75 Å². The molecule has 1 N–H and O–H groups in total. The maximum atomic E-state index is 12.3. The molecule has 10 heteroatoms. The SMILES string of the molecule is Cc1sc(NC(=O)CCn2c(C)c(C)sc2=O)nc1-c1ccc(OC(F)F)cc1. The van der Waals surface area contributed by atoms with Gasteiger partial charge in [0.05, 0.1) is 5.69 Å². The van der Waals surface area contributed by atoms with Gasteiger partial charge >= 0.3 is 11.5 Å². The number of ether oxygens (including phenoxy) is 1. The van der Waals surface area contributed by atoms with Gasteiger partial charge in [-0.05, 0) is 45.0 Å². The highest BCUT2D eigenvalue weighted by molar-refractivity contribution is 7.16. The largest absolute Gasteiger partial charge is 0.435 e. The molecule has 1 amide bonds. The Morgan fingerprint density at radius 3 is 2.45 bits per heavy atom. The van der Waals surface area contributed by atoms with Crippen molar-refractivity contribution in [2.24, 2.45) is 0 Å². The lowest BCUT2D eigenvalue weighted by atomic mass is 10.1. The van der Waals surface area contributed by atoms with Crippen molar-refractivity contribution in [1.82, 2.24) is 9.55 Å². The van der Waals surface area contributed by atoms with Crippen molar-refractivity contribution < 1.29 is 18.3 Å². The van der Waals surface area contributed by atoms with Crippen LogP contribution in [0.4, 0.5) is 13.9 Å². The molecule has 0 aliphatic rings. The number of nitrogens with one attached hydrogen (secondary N) is 1. The molecule has 0 unspecified atom stereocenters. The van der Waals surface area contributed by atoms with Crippen molar-refractivity contribution in [3.63, 3.8) is 0 Å². The number of benzene rings is 1. The average molecular weight is 440 g/mol. The number of halogens is 2. The van der Waals surface area contributed by atoms with E-state index in [1.165, 1.54) is 34.8 Å². The van der Waals surface area contributed by atoms with Crippen molar-refractivity contribution >= 4 is 33.7 Å². The van der Waals surface area contributed by atoms with Gasteiger partial charge in [-0.1, -0.05) is 11.3 Å². The molecule has 0 radical (unpaired) electrons. The molecule has 0 atom stereocenters. The number of alkyl halides is 2. The van der Waals surface area contributed by atoms with Gasteiger partial charge in [-0.25, -0.2) is 4.98 Å². The molecule has 29 heavy (non-hydrogen) atoms. The summed E-state index contributed by atoms with van der Waals surface area (Å²) in [5.74, 6) is -0.166. The minimum absolute atomic E-state index is 0.0689. The van der Waals surface area contributed by atoms with Gasteiger partial charge in [0.2, 0.25) is 5.91 Å². The second-order valence-corrected chi connectivity index (χ2v) is 8.66. The number of thiazole rings is 2. The molecule has 2 aromatic heterocycles. The molecule has 0 aliphatic heterocycles. The predicted molar refractivity (Wildman–Crippen MR) is 110 cm³/mol. The zero-order valence-electron chi connectivity index (χ0n) is 16.0. The highest BCUT2D eigenvalue weighted by Crippen LogP contribution is 2.31. The Morgan fingerprint density at radius 1 is 1.17 bits per heavy atom. The molecule has 0 fully saturated rings. The van der Waals surface area contributed by atoms with Crippen LogP contribution in [-0.4, -0.2) is 22.1 Å². The molecule has 6 nitrogen and oxygen atoms in total. The molecule has 0 saturated carbocycles. The van der Waals surface area contributed by atoms with Crippen molar-refractivity contribution in [2.45, 2.75) is 40.3 Å². The van der Waals surface area contributed by atoms with Gasteiger partial charge in [-0.2, -0.15) is 8.78 Å². The van der Waals surface area contributed by atoms with Crippen molar-refractivity contribution in [1.29, 1.82) is 0 Å². The Labute approximate surface area is 173 Å². The predicted octanol–water partition coefficient (Wildman–Crippen LogP) is 4.59. The fourth-order valence-electron chi connectivity index (χ4n) is 2.75. The van der Waals surface area contributed by atoms with Crippen LogP contribution in [0.3, 0.4) is 0 Å². The highest BCUT2D eigenvalue weighted by Gasteiger charge is 2.14. The number of hydrogen-bond acceptors (Lipinski definition) is 6. The molecule has 3 rings (SSSR count). The van der Waals surface area contributed by atoms with Gasteiger partial charge in [-0.15, -0.1) is 11.3 Å². The van der Waals surface area contributed by atoms with E-state index in [4.69, 9.17) is 0 Å². The Balaban J connectivity index is 1.65. The summed E-state index contributed by atoms with van der Waals surface area (Å²) in [6.07, 6.45) is 0.157. The molecular formula is C19H19F2N3O3S2. The van der Waals surface area contributed by atoms with Gasteiger partial charge in [0.15, 0.2) is 5.13 Å². The van der Waals surface area contributed by atoms with Crippen LogP contribution in [0, 0.1) is 20.8 Å². The van der Waals surface area contributed by atoms with Crippen molar-refractivity contribution in [2.75, 3.05) is 5.32 Å². The van der Waals surface area contributed by atoms with E-state index < -0.39 is 6.61 Å². The maximum absolute atomic E-state index is 12.3. The molecule has 3 aromatic rings. The summed E-state index contributed by atoms with van der Waals surface area (Å²) < 4.78 is 30.5. The second kappa shape index (κ2) is 8.83. The number of anilines is 1. The van der Waals surface area contributed by atoms with Gasteiger partial charge in [0, 0.05) is 34.0 Å².